The Labute approximate surface area is 228 Å². The van der Waals surface area contributed by atoms with Gasteiger partial charge in [-0.3, -0.25) is 4.68 Å². The van der Waals surface area contributed by atoms with Crippen LogP contribution >= 0.6 is 11.6 Å². The molecule has 0 unspecified atom stereocenters. The largest absolute Gasteiger partial charge is 0.418 e. The molecule has 0 radical (unpaired) electrons. The van der Waals surface area contributed by atoms with Gasteiger partial charge in [0.05, 0.1) is 28.5 Å². The number of urea groups is 1. The fourth-order valence-electron chi connectivity index (χ4n) is 4.26. The first-order valence-corrected chi connectivity index (χ1v) is 12.0. The fraction of sp³-hybridized carbons (Fsp3) is 0.0714. The third kappa shape index (κ3) is 5.46. The van der Waals surface area contributed by atoms with E-state index in [1.807, 2.05) is 0 Å². The molecule has 0 atom stereocenters. The number of benzene rings is 4. The maximum absolute atomic E-state index is 14.5. The number of para-hydroxylation sites is 1. The van der Waals surface area contributed by atoms with Crippen molar-refractivity contribution in [2.45, 2.75) is 12.7 Å². The molecule has 204 valence electrons. The molecule has 1 heterocycles. The zero-order valence-electron chi connectivity index (χ0n) is 20.2. The number of fused-ring (bicyclic) bond motifs is 1. The normalized spacial score (nSPS) is 11.6. The summed E-state index contributed by atoms with van der Waals surface area (Å²) in [5, 5.41) is 9.63. The molecule has 1 aromatic heterocycles. The van der Waals surface area contributed by atoms with Gasteiger partial charge in [0.1, 0.15) is 23.0 Å². The van der Waals surface area contributed by atoms with Crippen LogP contribution in [0, 0.1) is 17.5 Å². The third-order valence-corrected chi connectivity index (χ3v) is 6.33. The van der Waals surface area contributed by atoms with Gasteiger partial charge in [-0.2, -0.15) is 18.3 Å². The van der Waals surface area contributed by atoms with Crippen molar-refractivity contribution in [3.05, 3.63) is 112 Å². The number of carbonyl (C=O) groups is 1. The zero-order valence-corrected chi connectivity index (χ0v) is 20.9. The highest BCUT2D eigenvalue weighted by Crippen LogP contribution is 2.39. The number of rotatable bonds is 5. The summed E-state index contributed by atoms with van der Waals surface area (Å²) >= 11 is 6.07. The number of alkyl halides is 3. The maximum Gasteiger partial charge on any atom is 0.418 e. The Morgan fingerprint density at radius 1 is 0.875 bits per heavy atom. The summed E-state index contributed by atoms with van der Waals surface area (Å²) in [6, 6.07) is 16.4. The molecule has 2 amide bonds. The van der Waals surface area contributed by atoms with Crippen LogP contribution < -0.4 is 10.6 Å². The predicted molar refractivity (Wildman–Crippen MR) is 140 cm³/mol. The molecule has 2 N–H and O–H groups in total. The van der Waals surface area contributed by atoms with Crippen molar-refractivity contribution in [1.82, 2.24) is 9.78 Å². The highest BCUT2D eigenvalue weighted by Gasteiger charge is 2.34. The van der Waals surface area contributed by atoms with Crippen LogP contribution in [0.5, 0.6) is 0 Å². The van der Waals surface area contributed by atoms with Gasteiger partial charge in [-0.05, 0) is 30.3 Å². The van der Waals surface area contributed by atoms with E-state index in [1.54, 1.807) is 36.4 Å². The van der Waals surface area contributed by atoms with E-state index in [4.69, 9.17) is 11.6 Å². The average Bonchev–Trinajstić information content (AvgIpc) is 3.25. The molecule has 40 heavy (non-hydrogen) atoms. The molecule has 0 saturated carbocycles. The van der Waals surface area contributed by atoms with E-state index in [-0.39, 0.29) is 16.8 Å². The number of nitrogens with one attached hydrogen (secondary N) is 2. The van der Waals surface area contributed by atoms with Crippen LogP contribution in [-0.4, -0.2) is 15.8 Å². The van der Waals surface area contributed by atoms with E-state index in [9.17, 15) is 31.1 Å². The standard InChI is InChI=1S/C28H17ClF6N4O/c29-21-9-1-2-10-24(21)37-27(40)36-17-6-3-5-15(11-17)26-18-7-4-8-20(28(33,34)35)25(18)38-39(26)14-19-22(31)12-16(30)13-23(19)32/h1-13H,14H2,(H2,36,37,40). The highest BCUT2D eigenvalue weighted by atomic mass is 35.5. The van der Waals surface area contributed by atoms with E-state index in [0.29, 0.717) is 28.4 Å². The van der Waals surface area contributed by atoms with Crippen LogP contribution in [0.2, 0.25) is 5.02 Å². The lowest BCUT2D eigenvalue weighted by Gasteiger charge is -2.12. The van der Waals surface area contributed by atoms with Crippen LogP contribution in [0.4, 0.5) is 42.5 Å². The molecule has 5 aromatic rings. The lowest BCUT2D eigenvalue weighted by atomic mass is 10.0. The quantitative estimate of drug-likeness (QED) is 0.207. The minimum Gasteiger partial charge on any atom is -0.308 e. The Morgan fingerprint density at radius 3 is 2.27 bits per heavy atom. The molecule has 0 spiro atoms. The molecule has 0 aliphatic heterocycles. The SMILES string of the molecule is O=C(Nc1cccc(-c2c3cccc(C(F)(F)F)c3nn2Cc2c(F)cc(F)cc2F)c1)Nc1ccccc1Cl. The third-order valence-electron chi connectivity index (χ3n) is 6.00. The van der Waals surface area contributed by atoms with Gasteiger partial charge in [0.15, 0.2) is 0 Å². The number of carbonyl (C=O) groups excluding carboxylic acids is 1. The Balaban J connectivity index is 1.59. The number of hydrogen-bond donors (Lipinski definition) is 2. The topological polar surface area (TPSA) is 59.0 Å². The van der Waals surface area contributed by atoms with Gasteiger partial charge in [-0.25, -0.2) is 18.0 Å². The highest BCUT2D eigenvalue weighted by molar-refractivity contribution is 6.33. The first-order valence-electron chi connectivity index (χ1n) is 11.6. The minimum atomic E-state index is -4.76. The number of nitrogens with zero attached hydrogens (tertiary/aromatic N) is 2. The molecule has 0 fully saturated rings. The molecule has 4 aromatic carbocycles. The molecular weight excluding hydrogens is 558 g/mol. The van der Waals surface area contributed by atoms with Gasteiger partial charge >= 0.3 is 12.2 Å². The second-order valence-electron chi connectivity index (χ2n) is 8.69. The number of hydrogen-bond acceptors (Lipinski definition) is 2. The second-order valence-corrected chi connectivity index (χ2v) is 9.10. The Morgan fingerprint density at radius 2 is 1.57 bits per heavy atom. The van der Waals surface area contributed by atoms with Crippen molar-refractivity contribution >= 4 is 39.9 Å². The monoisotopic (exact) mass is 574 g/mol. The molecule has 0 saturated heterocycles. The van der Waals surface area contributed by atoms with Crippen molar-refractivity contribution in [1.29, 1.82) is 0 Å². The molecule has 0 aliphatic carbocycles. The molecule has 5 nitrogen and oxygen atoms in total. The van der Waals surface area contributed by atoms with Crippen molar-refractivity contribution in [2.75, 3.05) is 10.6 Å². The van der Waals surface area contributed by atoms with Gasteiger partial charge < -0.3 is 10.6 Å². The lowest BCUT2D eigenvalue weighted by molar-refractivity contribution is -0.136. The summed E-state index contributed by atoms with van der Waals surface area (Å²) in [6.07, 6.45) is -4.76. The lowest BCUT2D eigenvalue weighted by Crippen LogP contribution is -2.19. The van der Waals surface area contributed by atoms with Gasteiger partial charge in [-0.1, -0.05) is 48.0 Å². The predicted octanol–water partition coefficient (Wildman–Crippen LogP) is 8.49. The minimum absolute atomic E-state index is 0.0513. The summed E-state index contributed by atoms with van der Waals surface area (Å²) in [5.41, 5.74) is -1.07. The molecular formula is C28H17ClF6N4O. The average molecular weight is 575 g/mol. The summed E-state index contributed by atoms with van der Waals surface area (Å²) < 4.78 is 84.9. The second kappa shape index (κ2) is 10.6. The maximum atomic E-state index is 14.5. The van der Waals surface area contributed by atoms with Gasteiger partial charge in [-0.15, -0.1) is 0 Å². The van der Waals surface area contributed by atoms with E-state index in [0.717, 1.165) is 10.7 Å². The van der Waals surface area contributed by atoms with Gasteiger partial charge in [0, 0.05) is 34.3 Å². The van der Waals surface area contributed by atoms with Crippen LogP contribution in [-0.2, 0) is 12.7 Å². The van der Waals surface area contributed by atoms with E-state index >= 15 is 0 Å². The van der Waals surface area contributed by atoms with Crippen LogP contribution in [0.1, 0.15) is 11.1 Å². The first-order chi connectivity index (χ1) is 19.0. The van der Waals surface area contributed by atoms with Crippen molar-refractivity contribution < 1.29 is 31.1 Å². The van der Waals surface area contributed by atoms with Crippen molar-refractivity contribution in [2.24, 2.45) is 0 Å². The number of aromatic nitrogens is 2. The van der Waals surface area contributed by atoms with Gasteiger partial charge in [0.25, 0.3) is 0 Å². The van der Waals surface area contributed by atoms with Crippen LogP contribution in [0.3, 0.4) is 0 Å². The molecule has 5 rings (SSSR count). The van der Waals surface area contributed by atoms with E-state index in [2.05, 4.69) is 15.7 Å². The van der Waals surface area contributed by atoms with Crippen molar-refractivity contribution in [3.8, 4) is 11.3 Å². The van der Waals surface area contributed by atoms with Gasteiger partial charge in [0.2, 0.25) is 0 Å². The Hall–Kier alpha value is -4.51. The molecule has 12 heteroatoms. The number of amides is 2. The smallest absolute Gasteiger partial charge is 0.308 e. The molecule has 0 bridgehead atoms. The summed E-state index contributed by atoms with van der Waals surface area (Å²) in [7, 11) is 0. The Kier molecular flexibility index (Phi) is 7.16. The summed E-state index contributed by atoms with van der Waals surface area (Å²) in [5.74, 6) is -3.57. The van der Waals surface area contributed by atoms with E-state index in [1.165, 1.54) is 24.3 Å². The summed E-state index contributed by atoms with van der Waals surface area (Å²) in [4.78, 5) is 12.6. The Bertz CT molecular complexity index is 1730. The van der Waals surface area contributed by atoms with Crippen LogP contribution in [0.25, 0.3) is 22.2 Å². The zero-order chi connectivity index (χ0) is 28.6. The molecule has 0 aliphatic rings. The fourth-order valence-corrected chi connectivity index (χ4v) is 4.45. The van der Waals surface area contributed by atoms with E-state index < -0.39 is 52.8 Å². The number of anilines is 2. The first kappa shape index (κ1) is 27.1. The van der Waals surface area contributed by atoms with Crippen LogP contribution in [0.15, 0.2) is 78.9 Å². The van der Waals surface area contributed by atoms with Crippen molar-refractivity contribution in [3.63, 3.8) is 0 Å². The summed E-state index contributed by atoms with van der Waals surface area (Å²) in [6.45, 7) is -0.635. The number of halogens is 7.